The van der Waals surface area contributed by atoms with Crippen LogP contribution in [0.2, 0.25) is 0 Å². The Balaban J connectivity index is 1.62. The van der Waals surface area contributed by atoms with Gasteiger partial charge in [0.2, 0.25) is 0 Å². The molecule has 1 saturated heterocycles. The molecule has 1 saturated carbocycles. The fraction of sp³-hybridized carbons (Fsp3) is 0.667. The zero-order chi connectivity index (χ0) is 13.9. The van der Waals surface area contributed by atoms with Crippen molar-refractivity contribution in [3.05, 3.63) is 24.3 Å². The van der Waals surface area contributed by atoms with E-state index in [4.69, 9.17) is 0 Å². The Kier molecular flexibility index (Phi) is 4.18. The van der Waals surface area contributed by atoms with Gasteiger partial charge in [-0.2, -0.15) is 0 Å². The zero-order valence-electron chi connectivity index (χ0n) is 12.9. The summed E-state index contributed by atoms with van der Waals surface area (Å²) in [6.07, 6.45) is 6.77. The van der Waals surface area contributed by atoms with E-state index >= 15 is 0 Å². The first-order chi connectivity index (χ1) is 9.72. The van der Waals surface area contributed by atoms with Crippen LogP contribution in [0.5, 0.6) is 0 Å². The highest BCUT2D eigenvalue weighted by Crippen LogP contribution is 2.31. The quantitative estimate of drug-likeness (QED) is 0.870. The van der Waals surface area contributed by atoms with Crippen molar-refractivity contribution in [2.45, 2.75) is 52.0 Å². The first-order valence-corrected chi connectivity index (χ1v) is 8.34. The van der Waals surface area contributed by atoms with Gasteiger partial charge in [0.25, 0.3) is 0 Å². The summed E-state index contributed by atoms with van der Waals surface area (Å²) >= 11 is 0. The van der Waals surface area contributed by atoms with Crippen molar-refractivity contribution < 1.29 is 0 Å². The third kappa shape index (κ3) is 3.11. The Morgan fingerprint density at radius 3 is 2.40 bits per heavy atom. The average molecular weight is 272 g/mol. The third-order valence-electron chi connectivity index (χ3n) is 5.15. The highest BCUT2D eigenvalue weighted by atomic mass is 15.1. The predicted octanol–water partition coefficient (Wildman–Crippen LogP) is 4.52. The van der Waals surface area contributed by atoms with Crippen molar-refractivity contribution in [3.63, 3.8) is 0 Å². The largest absolute Gasteiger partial charge is 0.382 e. The molecule has 2 heteroatoms. The van der Waals surface area contributed by atoms with Crippen molar-refractivity contribution >= 4 is 11.4 Å². The molecular formula is C18H28N2. The van der Waals surface area contributed by atoms with Crippen LogP contribution in [-0.2, 0) is 0 Å². The van der Waals surface area contributed by atoms with Crippen molar-refractivity contribution in [3.8, 4) is 0 Å². The van der Waals surface area contributed by atoms with E-state index in [2.05, 4.69) is 48.3 Å². The molecule has 20 heavy (non-hydrogen) atoms. The summed E-state index contributed by atoms with van der Waals surface area (Å²) < 4.78 is 0. The van der Waals surface area contributed by atoms with Crippen LogP contribution in [0.1, 0.15) is 46.0 Å². The minimum Gasteiger partial charge on any atom is -0.382 e. The van der Waals surface area contributed by atoms with E-state index in [9.17, 15) is 0 Å². The van der Waals surface area contributed by atoms with Crippen LogP contribution in [0.15, 0.2) is 24.3 Å². The van der Waals surface area contributed by atoms with Gasteiger partial charge >= 0.3 is 0 Å². The maximum absolute atomic E-state index is 3.76. The van der Waals surface area contributed by atoms with Crippen LogP contribution >= 0.6 is 0 Å². The minimum atomic E-state index is 0.649. The Bertz CT molecular complexity index is 420. The Hall–Kier alpha value is -1.18. The van der Waals surface area contributed by atoms with Gasteiger partial charge in [-0.3, -0.25) is 0 Å². The van der Waals surface area contributed by atoms with Crippen LogP contribution in [0.25, 0.3) is 0 Å². The molecule has 3 rings (SSSR count). The normalized spacial score (nSPS) is 30.5. The van der Waals surface area contributed by atoms with Gasteiger partial charge in [-0.15, -0.1) is 0 Å². The number of nitrogens with zero attached hydrogens (tertiary/aromatic N) is 1. The van der Waals surface area contributed by atoms with Gasteiger partial charge < -0.3 is 10.2 Å². The molecule has 3 atom stereocenters. The summed E-state index contributed by atoms with van der Waals surface area (Å²) in [5.41, 5.74) is 2.68. The second kappa shape index (κ2) is 6.07. The van der Waals surface area contributed by atoms with E-state index in [0.717, 1.165) is 11.8 Å². The van der Waals surface area contributed by atoms with Crippen LogP contribution in [0, 0.1) is 11.8 Å². The molecule has 1 heterocycles. The molecule has 1 N–H and O–H groups in total. The summed E-state index contributed by atoms with van der Waals surface area (Å²) in [6.45, 7) is 7.23. The van der Waals surface area contributed by atoms with Crippen LogP contribution in [0.4, 0.5) is 11.4 Å². The van der Waals surface area contributed by atoms with E-state index < -0.39 is 0 Å². The van der Waals surface area contributed by atoms with Crippen molar-refractivity contribution in [1.29, 1.82) is 0 Å². The fourth-order valence-electron chi connectivity index (χ4n) is 3.69. The molecule has 2 fully saturated rings. The molecule has 0 bridgehead atoms. The van der Waals surface area contributed by atoms with Gasteiger partial charge in [-0.25, -0.2) is 0 Å². The van der Waals surface area contributed by atoms with E-state index in [1.807, 2.05) is 0 Å². The maximum Gasteiger partial charge on any atom is 0.0367 e. The topological polar surface area (TPSA) is 15.3 Å². The van der Waals surface area contributed by atoms with E-state index in [1.165, 1.54) is 56.6 Å². The lowest BCUT2D eigenvalue weighted by Gasteiger charge is -2.34. The number of hydrogen-bond acceptors (Lipinski definition) is 2. The molecule has 3 unspecified atom stereocenters. The Morgan fingerprint density at radius 1 is 1.00 bits per heavy atom. The molecule has 1 aromatic carbocycles. The van der Waals surface area contributed by atoms with Crippen LogP contribution in [-0.4, -0.2) is 19.1 Å². The molecule has 2 aliphatic rings. The van der Waals surface area contributed by atoms with Gasteiger partial charge in [0.05, 0.1) is 0 Å². The first-order valence-electron chi connectivity index (χ1n) is 8.34. The highest BCUT2D eigenvalue weighted by molar-refractivity contribution is 5.55. The molecule has 1 aliphatic heterocycles. The van der Waals surface area contributed by atoms with Crippen LogP contribution in [0.3, 0.4) is 0 Å². The lowest BCUT2D eigenvalue weighted by atomic mass is 9.80. The standard InChI is InChI=1S/C18H28N2/c1-14-5-6-15(2)18(13-14)19-16-7-9-17(10-8-16)20-11-3-4-12-20/h7-10,14-15,18-19H,3-6,11-13H2,1-2H3. The minimum absolute atomic E-state index is 0.649. The summed E-state index contributed by atoms with van der Waals surface area (Å²) in [6, 6.07) is 9.74. The third-order valence-corrected chi connectivity index (χ3v) is 5.15. The van der Waals surface area contributed by atoms with Gasteiger partial charge in [0.1, 0.15) is 0 Å². The fourth-order valence-corrected chi connectivity index (χ4v) is 3.69. The van der Waals surface area contributed by atoms with Crippen molar-refractivity contribution in [1.82, 2.24) is 0 Å². The van der Waals surface area contributed by atoms with Gasteiger partial charge in [0.15, 0.2) is 0 Å². The van der Waals surface area contributed by atoms with Gasteiger partial charge in [-0.1, -0.05) is 20.3 Å². The maximum atomic E-state index is 3.76. The molecule has 2 nitrogen and oxygen atoms in total. The second-order valence-electron chi connectivity index (χ2n) is 6.89. The van der Waals surface area contributed by atoms with Crippen molar-refractivity contribution in [2.24, 2.45) is 11.8 Å². The first kappa shape index (κ1) is 13.8. The summed E-state index contributed by atoms with van der Waals surface area (Å²) in [5.74, 6) is 1.66. The number of benzene rings is 1. The van der Waals surface area contributed by atoms with Gasteiger partial charge in [0, 0.05) is 30.5 Å². The molecule has 0 spiro atoms. The number of nitrogens with one attached hydrogen (secondary N) is 1. The molecular weight excluding hydrogens is 244 g/mol. The number of anilines is 2. The molecule has 0 amide bonds. The van der Waals surface area contributed by atoms with E-state index in [-0.39, 0.29) is 0 Å². The van der Waals surface area contributed by atoms with E-state index in [1.54, 1.807) is 0 Å². The summed E-state index contributed by atoms with van der Waals surface area (Å²) in [7, 11) is 0. The summed E-state index contributed by atoms with van der Waals surface area (Å²) in [5, 5.41) is 3.76. The molecule has 0 aromatic heterocycles. The monoisotopic (exact) mass is 272 g/mol. The van der Waals surface area contributed by atoms with Crippen LogP contribution < -0.4 is 10.2 Å². The lowest BCUT2D eigenvalue weighted by molar-refractivity contribution is 0.281. The Morgan fingerprint density at radius 2 is 1.70 bits per heavy atom. The zero-order valence-corrected chi connectivity index (χ0v) is 12.9. The molecule has 1 aliphatic carbocycles. The molecule has 1 aromatic rings. The molecule has 110 valence electrons. The predicted molar refractivity (Wildman–Crippen MR) is 87.5 cm³/mol. The number of rotatable bonds is 3. The van der Waals surface area contributed by atoms with Crippen molar-refractivity contribution in [2.75, 3.05) is 23.3 Å². The SMILES string of the molecule is CC1CCC(C)C(Nc2ccc(N3CCCC3)cc2)C1. The summed E-state index contributed by atoms with van der Waals surface area (Å²) in [4.78, 5) is 2.50. The Labute approximate surface area is 123 Å². The highest BCUT2D eigenvalue weighted by Gasteiger charge is 2.25. The van der Waals surface area contributed by atoms with E-state index in [0.29, 0.717) is 6.04 Å². The lowest BCUT2D eigenvalue weighted by Crippen LogP contribution is -2.33. The van der Waals surface area contributed by atoms with Gasteiger partial charge in [-0.05, 0) is 61.8 Å². The average Bonchev–Trinajstić information content (AvgIpc) is 2.98. The molecule has 0 radical (unpaired) electrons. The second-order valence-corrected chi connectivity index (χ2v) is 6.89. The smallest absolute Gasteiger partial charge is 0.0367 e. The number of hydrogen-bond donors (Lipinski definition) is 1.